The minimum absolute atomic E-state index is 0.0885. The van der Waals surface area contributed by atoms with Crippen LogP contribution in [0.4, 0.5) is 0 Å². The number of nitrogens with zero attached hydrogens (tertiary/aromatic N) is 1. The molecule has 0 aliphatic heterocycles. The molecular weight excluding hydrogens is 125 g/mol. The summed E-state index contributed by atoms with van der Waals surface area (Å²) in [6, 6.07) is 1.89. The fourth-order valence-corrected chi connectivity index (χ4v) is 1.08. The Balaban J connectivity index is 3.46. The molecule has 0 saturated carbocycles. The second kappa shape index (κ2) is 2.33. The van der Waals surface area contributed by atoms with Crippen molar-refractivity contribution in [1.29, 1.82) is 0 Å². The van der Waals surface area contributed by atoms with Gasteiger partial charge in [-0.05, 0) is 6.92 Å². The van der Waals surface area contributed by atoms with E-state index in [-0.39, 0.29) is 5.56 Å². The maximum Gasteiger partial charge on any atom is 0.253 e. The highest BCUT2D eigenvalue weighted by Crippen LogP contribution is 1.81. The van der Waals surface area contributed by atoms with E-state index in [1.54, 1.807) is 11.6 Å². The Morgan fingerprint density at radius 1 is 1.60 bits per heavy atom. The molecule has 0 amide bonds. The molecule has 0 unspecified atom stereocenters. The average molecular weight is 135 g/mol. The smallest absolute Gasteiger partial charge is 0.253 e. The summed E-state index contributed by atoms with van der Waals surface area (Å²) in [5.41, 5.74) is 2.02. The van der Waals surface area contributed by atoms with Crippen LogP contribution in [0.15, 0.2) is 17.1 Å². The van der Waals surface area contributed by atoms with Gasteiger partial charge in [0, 0.05) is 18.8 Å². The first-order valence-electron chi connectivity index (χ1n) is 3.25. The lowest BCUT2D eigenvalue weighted by molar-refractivity contribution is 0.854. The molecule has 2 nitrogen and oxygen atoms in total. The third-order valence-electron chi connectivity index (χ3n) is 1.50. The lowest BCUT2D eigenvalue weighted by Crippen LogP contribution is -2.23. The summed E-state index contributed by atoms with van der Waals surface area (Å²) in [4.78, 5) is 11.1. The summed E-state index contributed by atoms with van der Waals surface area (Å²) in [7, 11) is 3.74. The third-order valence-corrected chi connectivity index (χ3v) is 1.50. The van der Waals surface area contributed by atoms with Crippen molar-refractivity contribution in [3.63, 3.8) is 0 Å². The Morgan fingerprint density at radius 3 is 2.70 bits per heavy atom. The number of aromatic nitrogens is 1. The maximum absolute atomic E-state index is 11.1. The molecule has 10 heavy (non-hydrogen) atoms. The number of hydrogen-bond donors (Lipinski definition) is 0. The minimum Gasteiger partial charge on any atom is -0.319 e. The molecule has 52 valence electrons. The maximum atomic E-state index is 11.1. The van der Waals surface area contributed by atoms with Gasteiger partial charge in [0.25, 0.3) is 5.56 Å². The van der Waals surface area contributed by atoms with Crippen LogP contribution in [0.1, 0.15) is 5.56 Å². The first kappa shape index (κ1) is 7.13. The van der Waals surface area contributed by atoms with Crippen molar-refractivity contribution in [2.24, 2.45) is 7.05 Å². The van der Waals surface area contributed by atoms with Crippen LogP contribution in [0.2, 0.25) is 0 Å². The molecule has 1 heterocycles. The molecule has 0 aromatic carbocycles. The number of pyridine rings is 1. The van der Waals surface area contributed by atoms with E-state index < -0.39 is 0 Å². The summed E-state index contributed by atoms with van der Waals surface area (Å²) < 4.78 is 1.60. The van der Waals surface area contributed by atoms with E-state index in [1.165, 1.54) is 0 Å². The van der Waals surface area contributed by atoms with Crippen molar-refractivity contribution < 1.29 is 0 Å². The zero-order valence-corrected chi connectivity index (χ0v) is 6.51. The molecule has 0 aliphatic rings. The number of aryl methyl sites for hydroxylation is 2. The third kappa shape index (κ3) is 1.13. The normalized spacial score (nSPS) is 9.80. The van der Waals surface area contributed by atoms with Crippen molar-refractivity contribution in [2.75, 3.05) is 0 Å². The van der Waals surface area contributed by atoms with Crippen molar-refractivity contribution in [3.8, 4) is 0 Å². The fourth-order valence-electron chi connectivity index (χ4n) is 1.08. The van der Waals surface area contributed by atoms with Crippen LogP contribution < -0.4 is 11.0 Å². The van der Waals surface area contributed by atoms with Gasteiger partial charge in [0.1, 0.15) is 7.85 Å². The summed E-state index contributed by atoms with van der Waals surface area (Å²) in [6.07, 6.45) is 1.83. The molecule has 0 N–H and O–H groups in total. The van der Waals surface area contributed by atoms with Crippen LogP contribution in [0.25, 0.3) is 0 Å². The lowest BCUT2D eigenvalue weighted by Gasteiger charge is -1.99. The average Bonchev–Trinajstić information content (AvgIpc) is 1.82. The van der Waals surface area contributed by atoms with Crippen LogP contribution in [0.3, 0.4) is 0 Å². The Morgan fingerprint density at radius 2 is 2.20 bits per heavy atom. The molecule has 0 atom stereocenters. The molecule has 0 spiro atoms. The van der Waals surface area contributed by atoms with Gasteiger partial charge in [0.2, 0.25) is 0 Å². The Hall–Kier alpha value is -0.985. The topological polar surface area (TPSA) is 22.0 Å². The molecule has 0 radical (unpaired) electrons. The van der Waals surface area contributed by atoms with Crippen molar-refractivity contribution in [1.82, 2.24) is 4.57 Å². The van der Waals surface area contributed by atoms with Gasteiger partial charge in [-0.25, -0.2) is 0 Å². The molecular formula is C7H10BNO. The van der Waals surface area contributed by atoms with Crippen molar-refractivity contribution in [2.45, 2.75) is 6.92 Å². The largest absolute Gasteiger partial charge is 0.319 e. The zero-order valence-electron chi connectivity index (χ0n) is 6.51. The molecule has 1 aromatic rings. The van der Waals surface area contributed by atoms with Gasteiger partial charge in [0.15, 0.2) is 0 Å². The SMILES string of the molecule is Bc1cc(C)c(=O)n(C)c1. The summed E-state index contributed by atoms with van der Waals surface area (Å²) in [6.45, 7) is 1.83. The van der Waals surface area contributed by atoms with E-state index in [0.717, 1.165) is 11.0 Å². The fraction of sp³-hybridized carbons (Fsp3) is 0.286. The number of hydrogen-bond acceptors (Lipinski definition) is 1. The lowest BCUT2D eigenvalue weighted by atomic mass is 9.97. The molecule has 0 saturated heterocycles. The Labute approximate surface area is 60.9 Å². The van der Waals surface area contributed by atoms with Gasteiger partial charge in [-0.1, -0.05) is 11.5 Å². The van der Waals surface area contributed by atoms with Gasteiger partial charge >= 0.3 is 0 Å². The van der Waals surface area contributed by atoms with Crippen LogP contribution in [0, 0.1) is 6.92 Å². The molecule has 3 heteroatoms. The van der Waals surface area contributed by atoms with E-state index >= 15 is 0 Å². The highest BCUT2D eigenvalue weighted by molar-refractivity contribution is 6.32. The second-order valence-electron chi connectivity index (χ2n) is 2.62. The van der Waals surface area contributed by atoms with Crippen LogP contribution in [-0.4, -0.2) is 12.4 Å². The molecule has 0 fully saturated rings. The van der Waals surface area contributed by atoms with Crippen LogP contribution in [0.5, 0.6) is 0 Å². The van der Waals surface area contributed by atoms with Gasteiger partial charge in [-0.15, -0.1) is 0 Å². The Kier molecular flexibility index (Phi) is 1.66. The van der Waals surface area contributed by atoms with Gasteiger partial charge < -0.3 is 4.57 Å². The van der Waals surface area contributed by atoms with Crippen LogP contribution in [-0.2, 0) is 7.05 Å². The van der Waals surface area contributed by atoms with E-state index in [9.17, 15) is 4.79 Å². The standard InChI is InChI=1S/C7H10BNO/c1-5-3-6(8)4-9(2)7(5)10/h3-4H,8H2,1-2H3. The zero-order chi connectivity index (χ0) is 7.72. The quantitative estimate of drug-likeness (QED) is 0.416. The van der Waals surface area contributed by atoms with E-state index in [1.807, 2.05) is 27.0 Å². The first-order valence-corrected chi connectivity index (χ1v) is 3.25. The molecule has 0 aliphatic carbocycles. The highest BCUT2D eigenvalue weighted by atomic mass is 16.1. The number of rotatable bonds is 0. The van der Waals surface area contributed by atoms with E-state index in [0.29, 0.717) is 0 Å². The first-order chi connectivity index (χ1) is 4.61. The predicted octanol–water partition coefficient (Wildman–Crippen LogP) is -1.05. The highest BCUT2D eigenvalue weighted by Gasteiger charge is 1.94. The minimum atomic E-state index is 0.0885. The molecule has 1 aromatic heterocycles. The van der Waals surface area contributed by atoms with Crippen molar-refractivity contribution in [3.05, 3.63) is 28.2 Å². The van der Waals surface area contributed by atoms with E-state index in [2.05, 4.69) is 0 Å². The predicted molar refractivity (Wildman–Crippen MR) is 44.6 cm³/mol. The van der Waals surface area contributed by atoms with Gasteiger partial charge in [0.05, 0.1) is 0 Å². The molecule has 1 rings (SSSR count). The van der Waals surface area contributed by atoms with Crippen molar-refractivity contribution >= 4 is 13.3 Å². The van der Waals surface area contributed by atoms with Gasteiger partial charge in [-0.2, -0.15) is 0 Å². The summed E-state index contributed by atoms with van der Waals surface area (Å²) >= 11 is 0. The summed E-state index contributed by atoms with van der Waals surface area (Å²) in [5, 5.41) is 0. The van der Waals surface area contributed by atoms with Gasteiger partial charge in [-0.3, -0.25) is 4.79 Å². The monoisotopic (exact) mass is 135 g/mol. The Bertz CT molecular complexity index is 277. The molecule has 0 bridgehead atoms. The van der Waals surface area contributed by atoms with E-state index in [4.69, 9.17) is 0 Å². The van der Waals surface area contributed by atoms with Crippen LogP contribution >= 0.6 is 0 Å². The second-order valence-corrected chi connectivity index (χ2v) is 2.62. The summed E-state index contributed by atoms with van der Waals surface area (Å²) in [5.74, 6) is 0.